The molecule has 10 rings (SSSR count). The summed E-state index contributed by atoms with van der Waals surface area (Å²) < 4.78 is 0. The van der Waals surface area contributed by atoms with E-state index in [1.165, 1.54) is 135 Å². The number of rotatable bonds is 6. The van der Waals surface area contributed by atoms with Crippen LogP contribution in [0.2, 0.25) is 0 Å². The summed E-state index contributed by atoms with van der Waals surface area (Å²) in [7, 11) is 0. The zero-order valence-electron chi connectivity index (χ0n) is 33.5. The molecule has 7 saturated carbocycles. The largest absolute Gasteiger partial charge is 0.294 e. The molecule has 9 atom stereocenters. The van der Waals surface area contributed by atoms with E-state index < -0.39 is 0 Å². The predicted molar refractivity (Wildman–Crippen MR) is 218 cm³/mol. The van der Waals surface area contributed by atoms with E-state index >= 15 is 0 Å². The lowest BCUT2D eigenvalue weighted by Crippen LogP contribution is -2.57. The number of nitrogens with zero attached hydrogens (tertiary/aromatic N) is 2. The Hall–Kier alpha value is -0.860. The van der Waals surface area contributed by atoms with Crippen molar-refractivity contribution < 1.29 is 0 Å². The van der Waals surface area contributed by atoms with Crippen molar-refractivity contribution >= 4 is 0 Å². The van der Waals surface area contributed by atoms with Gasteiger partial charge in [0.15, 0.2) is 0 Å². The smallest absolute Gasteiger partial charge is 0.0164 e. The highest BCUT2D eigenvalue weighted by Crippen LogP contribution is 2.58. The maximum atomic E-state index is 3.37. The van der Waals surface area contributed by atoms with Crippen LogP contribution in [0.15, 0.2) is 35.5 Å². The van der Waals surface area contributed by atoms with Gasteiger partial charge in [-0.2, -0.15) is 0 Å². The van der Waals surface area contributed by atoms with E-state index in [4.69, 9.17) is 0 Å². The minimum absolute atomic E-state index is 0.846. The van der Waals surface area contributed by atoms with Crippen molar-refractivity contribution in [2.75, 3.05) is 0 Å². The lowest BCUT2D eigenvalue weighted by atomic mass is 9.61. The molecule has 0 radical (unpaired) electrons. The normalized spacial score (nSPS) is 46.1. The Kier molecular flexibility index (Phi) is 10.9. The SMILES string of the molecule is C1=CC(C2CCC(N(C3CCC(C4CCCCC4)CC3)[C@H]3CC[C@@H]4[C@@H](CCC5[C@@H]6CCCCC6N(C6CC=C7CCCCC7C6)[C@@H]54)C3)CC2)=CCC1. The number of hydrogen-bond donors (Lipinski definition) is 0. The Morgan fingerprint density at radius 1 is 0.500 bits per heavy atom. The van der Waals surface area contributed by atoms with Crippen molar-refractivity contribution in [3.05, 3.63) is 35.5 Å². The molecule has 1 aliphatic heterocycles. The van der Waals surface area contributed by atoms with Crippen LogP contribution in [0.3, 0.4) is 0 Å². The van der Waals surface area contributed by atoms with Gasteiger partial charge in [0.25, 0.3) is 0 Å². The van der Waals surface area contributed by atoms with Gasteiger partial charge >= 0.3 is 0 Å². The van der Waals surface area contributed by atoms with Gasteiger partial charge in [0, 0.05) is 36.3 Å². The summed E-state index contributed by atoms with van der Waals surface area (Å²) in [5.41, 5.74) is 3.59. The van der Waals surface area contributed by atoms with E-state index in [0.29, 0.717) is 0 Å². The van der Waals surface area contributed by atoms with Crippen LogP contribution in [0.5, 0.6) is 0 Å². The van der Waals surface area contributed by atoms with Crippen molar-refractivity contribution in [3.8, 4) is 0 Å². The minimum Gasteiger partial charge on any atom is -0.294 e. The molecule has 10 aliphatic rings. The molecule has 0 amide bonds. The van der Waals surface area contributed by atoms with E-state index in [0.717, 1.165) is 83.6 Å². The first kappa shape index (κ1) is 35.5. The van der Waals surface area contributed by atoms with Gasteiger partial charge < -0.3 is 0 Å². The first-order valence-electron chi connectivity index (χ1n) is 24.4. The summed E-state index contributed by atoms with van der Waals surface area (Å²) in [6, 6.07) is 5.36. The Balaban J connectivity index is 0.867. The third-order valence-corrected chi connectivity index (χ3v) is 18.8. The summed E-state index contributed by atoms with van der Waals surface area (Å²) in [5.74, 6) is 7.98. The molecule has 0 bridgehead atoms. The third-order valence-electron chi connectivity index (χ3n) is 18.8. The van der Waals surface area contributed by atoms with Crippen LogP contribution < -0.4 is 0 Å². The number of likely N-dealkylation sites (tertiary alicyclic amines) is 1. The molecule has 9 aliphatic carbocycles. The summed E-state index contributed by atoms with van der Waals surface area (Å²) >= 11 is 0. The number of hydrogen-bond acceptors (Lipinski definition) is 2. The van der Waals surface area contributed by atoms with Crippen LogP contribution in [-0.4, -0.2) is 46.1 Å². The molecule has 0 spiro atoms. The third kappa shape index (κ3) is 6.94. The summed E-state index contributed by atoms with van der Waals surface area (Å²) in [6.45, 7) is 0. The van der Waals surface area contributed by atoms with Crippen molar-refractivity contribution in [3.63, 3.8) is 0 Å². The number of allylic oxidation sites excluding steroid dienone is 5. The molecule has 0 aromatic carbocycles. The van der Waals surface area contributed by atoms with Crippen molar-refractivity contribution in [2.45, 2.75) is 229 Å². The van der Waals surface area contributed by atoms with Crippen LogP contribution in [0, 0.1) is 47.3 Å². The van der Waals surface area contributed by atoms with E-state index in [1.807, 2.05) is 5.57 Å². The molecule has 8 fully saturated rings. The lowest BCUT2D eigenvalue weighted by molar-refractivity contribution is -0.0472. The maximum Gasteiger partial charge on any atom is 0.0164 e. The van der Waals surface area contributed by atoms with Crippen LogP contribution in [0.1, 0.15) is 193 Å². The quantitative estimate of drug-likeness (QED) is 0.254. The first-order chi connectivity index (χ1) is 25.8. The van der Waals surface area contributed by atoms with E-state index in [1.54, 1.807) is 63.4 Å². The van der Waals surface area contributed by atoms with Gasteiger partial charge in [0.2, 0.25) is 0 Å². The standard InChI is InChI=1S/C50H78N2/c1-3-11-35(12-4-1)38-19-25-42(26-20-38)51(43-27-21-39(22-28-43)36-13-5-2-6-14-36)44-30-32-46-41(34-44)24-31-48-47-17-9-10-18-49(47)52(50(46)48)45-29-23-37-15-7-8-16-40(37)33-45/h3,11-12,23,36,38-50H,1-2,4-10,13-22,24-34H2/t38?,39?,40?,41-,42?,43?,44-,45?,46+,47-,48?,49?,50+/m0/s1. The van der Waals surface area contributed by atoms with Gasteiger partial charge in [-0.1, -0.05) is 81.2 Å². The van der Waals surface area contributed by atoms with E-state index in [2.05, 4.69) is 34.1 Å². The van der Waals surface area contributed by atoms with Crippen LogP contribution in [0.25, 0.3) is 0 Å². The fourth-order valence-corrected chi connectivity index (χ4v) is 16.5. The van der Waals surface area contributed by atoms with Crippen molar-refractivity contribution in [2.24, 2.45) is 47.3 Å². The fourth-order valence-electron chi connectivity index (χ4n) is 16.5. The Morgan fingerprint density at radius 2 is 1.21 bits per heavy atom. The molecular formula is C50H78N2. The zero-order valence-corrected chi connectivity index (χ0v) is 33.5. The molecule has 2 heteroatoms. The molecule has 0 N–H and O–H groups in total. The van der Waals surface area contributed by atoms with Crippen LogP contribution in [-0.2, 0) is 0 Å². The van der Waals surface area contributed by atoms with E-state index in [9.17, 15) is 0 Å². The molecule has 0 aromatic heterocycles. The van der Waals surface area contributed by atoms with Crippen LogP contribution in [0.4, 0.5) is 0 Å². The minimum atomic E-state index is 0.846. The van der Waals surface area contributed by atoms with Gasteiger partial charge in [-0.15, -0.1) is 0 Å². The summed E-state index contributed by atoms with van der Waals surface area (Å²) in [6.07, 6.45) is 55.3. The highest BCUT2D eigenvalue weighted by molar-refractivity contribution is 5.25. The van der Waals surface area contributed by atoms with Gasteiger partial charge in [0.05, 0.1) is 0 Å². The predicted octanol–water partition coefficient (Wildman–Crippen LogP) is 13.0. The van der Waals surface area contributed by atoms with Crippen molar-refractivity contribution in [1.82, 2.24) is 9.80 Å². The van der Waals surface area contributed by atoms with Crippen LogP contribution >= 0.6 is 0 Å². The zero-order chi connectivity index (χ0) is 34.4. The second kappa shape index (κ2) is 15.9. The molecule has 2 nitrogen and oxygen atoms in total. The molecule has 288 valence electrons. The molecular weight excluding hydrogens is 629 g/mol. The molecule has 0 aromatic rings. The maximum absolute atomic E-state index is 3.37. The van der Waals surface area contributed by atoms with Gasteiger partial charge in [0.1, 0.15) is 0 Å². The average molecular weight is 707 g/mol. The first-order valence-corrected chi connectivity index (χ1v) is 24.4. The second-order valence-electron chi connectivity index (χ2n) is 21.0. The summed E-state index contributed by atoms with van der Waals surface area (Å²) in [5, 5.41) is 0. The Morgan fingerprint density at radius 3 is 2.04 bits per heavy atom. The highest BCUT2D eigenvalue weighted by atomic mass is 15.3. The second-order valence-corrected chi connectivity index (χ2v) is 21.0. The number of fused-ring (bicyclic) bond motifs is 6. The molecule has 1 heterocycles. The summed E-state index contributed by atoms with van der Waals surface area (Å²) in [4.78, 5) is 6.72. The lowest BCUT2D eigenvalue weighted by Gasteiger charge is -2.55. The van der Waals surface area contributed by atoms with E-state index in [-0.39, 0.29) is 0 Å². The van der Waals surface area contributed by atoms with Gasteiger partial charge in [-0.05, 0) is 194 Å². The van der Waals surface area contributed by atoms with Gasteiger partial charge in [-0.25, -0.2) is 0 Å². The Labute approximate surface area is 320 Å². The molecule has 4 unspecified atom stereocenters. The topological polar surface area (TPSA) is 6.48 Å². The van der Waals surface area contributed by atoms with Gasteiger partial charge in [-0.3, -0.25) is 9.80 Å². The monoisotopic (exact) mass is 707 g/mol. The Bertz CT molecular complexity index is 1290. The van der Waals surface area contributed by atoms with Crippen molar-refractivity contribution in [1.29, 1.82) is 0 Å². The molecule has 1 saturated heterocycles. The molecule has 52 heavy (non-hydrogen) atoms. The fraction of sp³-hybridized carbons (Fsp3) is 0.880. The average Bonchev–Trinajstić information content (AvgIpc) is 3.57. The highest BCUT2D eigenvalue weighted by Gasteiger charge is 2.58.